The standard InChI is InChI=1S/C27H30N2O4/c1-32-18-17-28-27(31)26(23-11-7-4-8-12-23)29(20-22-13-15-24(33-2)16-14-22)25(30)19-21-9-5-3-6-10-21/h3-16,26H,17-20H2,1-2H3,(H,28,31)/t26-/m1/s1. The summed E-state index contributed by atoms with van der Waals surface area (Å²) in [7, 11) is 3.20. The van der Waals surface area contributed by atoms with Gasteiger partial charge in [0.2, 0.25) is 11.8 Å². The summed E-state index contributed by atoms with van der Waals surface area (Å²) in [5, 5.41) is 2.91. The van der Waals surface area contributed by atoms with Crippen LogP contribution in [0, 0.1) is 0 Å². The summed E-state index contributed by atoms with van der Waals surface area (Å²) in [6.45, 7) is 1.04. The predicted molar refractivity (Wildman–Crippen MR) is 128 cm³/mol. The van der Waals surface area contributed by atoms with E-state index >= 15 is 0 Å². The zero-order valence-corrected chi connectivity index (χ0v) is 19.1. The molecule has 172 valence electrons. The molecule has 0 aliphatic rings. The molecule has 0 unspecified atom stereocenters. The molecule has 0 spiro atoms. The topological polar surface area (TPSA) is 67.9 Å². The van der Waals surface area contributed by atoms with E-state index in [0.717, 1.165) is 22.4 Å². The van der Waals surface area contributed by atoms with Gasteiger partial charge < -0.3 is 19.7 Å². The molecule has 3 aromatic rings. The van der Waals surface area contributed by atoms with Crippen LogP contribution in [0.4, 0.5) is 0 Å². The number of nitrogens with one attached hydrogen (secondary N) is 1. The molecule has 3 aromatic carbocycles. The van der Waals surface area contributed by atoms with Crippen LogP contribution in [0.3, 0.4) is 0 Å². The highest BCUT2D eigenvalue weighted by molar-refractivity contribution is 5.89. The first-order chi connectivity index (χ1) is 16.1. The maximum atomic E-state index is 13.6. The first-order valence-corrected chi connectivity index (χ1v) is 10.9. The Morgan fingerprint density at radius 1 is 0.848 bits per heavy atom. The fourth-order valence-electron chi connectivity index (χ4n) is 3.60. The Labute approximate surface area is 195 Å². The second-order valence-electron chi connectivity index (χ2n) is 7.63. The number of carbonyl (C=O) groups is 2. The number of carbonyl (C=O) groups excluding carboxylic acids is 2. The van der Waals surface area contributed by atoms with E-state index < -0.39 is 6.04 Å². The molecule has 1 N–H and O–H groups in total. The Kier molecular flexibility index (Phi) is 9.03. The molecule has 0 aromatic heterocycles. The molecule has 0 aliphatic heterocycles. The predicted octanol–water partition coefficient (Wildman–Crippen LogP) is 3.77. The van der Waals surface area contributed by atoms with E-state index in [2.05, 4.69) is 5.32 Å². The number of amides is 2. The van der Waals surface area contributed by atoms with Crippen LogP contribution < -0.4 is 10.1 Å². The average Bonchev–Trinajstić information content (AvgIpc) is 2.85. The summed E-state index contributed by atoms with van der Waals surface area (Å²) < 4.78 is 10.3. The van der Waals surface area contributed by atoms with E-state index in [1.165, 1.54) is 0 Å². The molecule has 0 saturated heterocycles. The molecule has 6 heteroatoms. The lowest BCUT2D eigenvalue weighted by Crippen LogP contribution is -2.44. The van der Waals surface area contributed by atoms with Gasteiger partial charge in [-0.1, -0.05) is 72.8 Å². The van der Waals surface area contributed by atoms with Crippen LogP contribution in [-0.2, 0) is 27.3 Å². The molecule has 2 amide bonds. The lowest BCUT2D eigenvalue weighted by molar-refractivity contribution is -0.141. The Hall–Kier alpha value is -3.64. The SMILES string of the molecule is COCCNC(=O)[C@@H](c1ccccc1)N(Cc1ccc(OC)cc1)C(=O)Cc1ccccc1. The zero-order chi connectivity index (χ0) is 23.5. The molecule has 33 heavy (non-hydrogen) atoms. The highest BCUT2D eigenvalue weighted by Gasteiger charge is 2.31. The van der Waals surface area contributed by atoms with E-state index in [0.29, 0.717) is 13.2 Å². The van der Waals surface area contributed by atoms with E-state index in [1.807, 2.05) is 84.9 Å². The fourth-order valence-corrected chi connectivity index (χ4v) is 3.60. The van der Waals surface area contributed by atoms with E-state index in [4.69, 9.17) is 9.47 Å². The Morgan fingerprint density at radius 3 is 2.09 bits per heavy atom. The summed E-state index contributed by atoms with van der Waals surface area (Å²) in [5.41, 5.74) is 2.55. The molecular weight excluding hydrogens is 416 g/mol. The van der Waals surface area contributed by atoms with Crippen molar-refractivity contribution in [3.8, 4) is 5.75 Å². The van der Waals surface area contributed by atoms with Gasteiger partial charge in [0, 0.05) is 20.2 Å². The smallest absolute Gasteiger partial charge is 0.247 e. The molecule has 0 radical (unpaired) electrons. The van der Waals surface area contributed by atoms with Crippen LogP contribution in [0.1, 0.15) is 22.7 Å². The maximum absolute atomic E-state index is 13.6. The lowest BCUT2D eigenvalue weighted by atomic mass is 10.0. The molecule has 0 bridgehead atoms. The number of methoxy groups -OCH3 is 2. The van der Waals surface area contributed by atoms with Crippen molar-refractivity contribution < 1.29 is 19.1 Å². The normalized spacial score (nSPS) is 11.5. The van der Waals surface area contributed by atoms with Crippen molar-refractivity contribution in [1.82, 2.24) is 10.2 Å². The Morgan fingerprint density at radius 2 is 1.48 bits per heavy atom. The van der Waals surface area contributed by atoms with Crippen LogP contribution in [0.2, 0.25) is 0 Å². The van der Waals surface area contributed by atoms with Gasteiger partial charge in [0.15, 0.2) is 0 Å². The van der Waals surface area contributed by atoms with Crippen LogP contribution >= 0.6 is 0 Å². The first kappa shape index (κ1) is 24.0. The second kappa shape index (κ2) is 12.4. The van der Waals surface area contributed by atoms with Crippen molar-refractivity contribution in [1.29, 1.82) is 0 Å². The highest BCUT2D eigenvalue weighted by Crippen LogP contribution is 2.25. The monoisotopic (exact) mass is 446 g/mol. The summed E-state index contributed by atoms with van der Waals surface area (Å²) in [6, 6.07) is 25.7. The van der Waals surface area contributed by atoms with Crippen molar-refractivity contribution in [3.05, 3.63) is 102 Å². The minimum absolute atomic E-state index is 0.132. The van der Waals surface area contributed by atoms with Crippen LogP contribution in [0.15, 0.2) is 84.9 Å². The van der Waals surface area contributed by atoms with Gasteiger partial charge in [-0.05, 0) is 28.8 Å². The quantitative estimate of drug-likeness (QED) is 0.456. The average molecular weight is 447 g/mol. The largest absolute Gasteiger partial charge is 0.497 e. The molecular formula is C27H30N2O4. The number of ether oxygens (including phenoxy) is 2. The van der Waals surface area contributed by atoms with Gasteiger partial charge in [0.1, 0.15) is 11.8 Å². The third-order valence-electron chi connectivity index (χ3n) is 5.31. The van der Waals surface area contributed by atoms with Gasteiger partial charge in [-0.15, -0.1) is 0 Å². The number of hydrogen-bond donors (Lipinski definition) is 1. The number of rotatable bonds is 11. The molecule has 0 fully saturated rings. The van der Waals surface area contributed by atoms with E-state index in [9.17, 15) is 9.59 Å². The van der Waals surface area contributed by atoms with Crippen LogP contribution in [0.5, 0.6) is 5.75 Å². The van der Waals surface area contributed by atoms with Crippen molar-refractivity contribution in [2.45, 2.75) is 19.0 Å². The van der Waals surface area contributed by atoms with E-state index in [-0.39, 0.29) is 24.8 Å². The first-order valence-electron chi connectivity index (χ1n) is 10.9. The van der Waals surface area contributed by atoms with Crippen LogP contribution in [0.25, 0.3) is 0 Å². The van der Waals surface area contributed by atoms with Gasteiger partial charge in [-0.2, -0.15) is 0 Å². The van der Waals surface area contributed by atoms with Crippen molar-refractivity contribution in [2.24, 2.45) is 0 Å². The summed E-state index contributed by atoms with van der Waals surface area (Å²) in [6.07, 6.45) is 0.200. The maximum Gasteiger partial charge on any atom is 0.247 e. The molecule has 1 atom stereocenters. The lowest BCUT2D eigenvalue weighted by Gasteiger charge is -2.32. The molecule has 0 saturated carbocycles. The summed E-state index contributed by atoms with van der Waals surface area (Å²) in [5.74, 6) is 0.360. The van der Waals surface area contributed by atoms with Gasteiger partial charge in [-0.25, -0.2) is 0 Å². The fraction of sp³-hybridized carbons (Fsp3) is 0.259. The van der Waals surface area contributed by atoms with Crippen molar-refractivity contribution in [3.63, 3.8) is 0 Å². The van der Waals surface area contributed by atoms with Gasteiger partial charge >= 0.3 is 0 Å². The third-order valence-corrected chi connectivity index (χ3v) is 5.31. The van der Waals surface area contributed by atoms with Crippen LogP contribution in [-0.4, -0.2) is 44.1 Å². The number of hydrogen-bond acceptors (Lipinski definition) is 4. The van der Waals surface area contributed by atoms with Gasteiger partial charge in [0.05, 0.1) is 20.1 Å². The minimum Gasteiger partial charge on any atom is -0.497 e. The molecule has 6 nitrogen and oxygen atoms in total. The highest BCUT2D eigenvalue weighted by atomic mass is 16.5. The molecule has 0 aliphatic carbocycles. The zero-order valence-electron chi connectivity index (χ0n) is 19.1. The summed E-state index contributed by atoms with van der Waals surface area (Å²) >= 11 is 0. The van der Waals surface area contributed by atoms with Crippen molar-refractivity contribution >= 4 is 11.8 Å². The third kappa shape index (κ3) is 6.92. The van der Waals surface area contributed by atoms with Crippen molar-refractivity contribution in [2.75, 3.05) is 27.4 Å². The van der Waals surface area contributed by atoms with Gasteiger partial charge in [0.25, 0.3) is 0 Å². The number of benzene rings is 3. The number of nitrogens with zero attached hydrogens (tertiary/aromatic N) is 1. The Balaban J connectivity index is 1.95. The molecule has 3 rings (SSSR count). The summed E-state index contributed by atoms with van der Waals surface area (Å²) in [4.78, 5) is 28.6. The van der Waals surface area contributed by atoms with Gasteiger partial charge in [-0.3, -0.25) is 9.59 Å². The minimum atomic E-state index is -0.777. The molecule has 0 heterocycles. The van der Waals surface area contributed by atoms with E-state index in [1.54, 1.807) is 19.1 Å². The Bertz CT molecular complexity index is 1010. The second-order valence-corrected chi connectivity index (χ2v) is 7.63.